The van der Waals surface area contributed by atoms with E-state index in [9.17, 15) is 4.79 Å². The summed E-state index contributed by atoms with van der Waals surface area (Å²) in [5.74, 6) is 0. The number of nitrogens with one attached hydrogen (secondary N) is 1. The molecule has 0 aliphatic rings. The van der Waals surface area contributed by atoms with Crippen molar-refractivity contribution in [2.24, 2.45) is 0 Å². The highest BCUT2D eigenvalue weighted by Gasteiger charge is 2.16. The van der Waals surface area contributed by atoms with Crippen LogP contribution in [0.1, 0.15) is 5.56 Å². The van der Waals surface area contributed by atoms with E-state index in [1.54, 1.807) is 36.4 Å². The number of aromatic nitrogens is 1. The molecule has 27 heavy (non-hydrogen) atoms. The predicted molar refractivity (Wildman–Crippen MR) is 110 cm³/mol. The lowest BCUT2D eigenvalue weighted by Crippen LogP contribution is -2.09. The summed E-state index contributed by atoms with van der Waals surface area (Å²) in [7, 11) is 0. The van der Waals surface area contributed by atoms with Gasteiger partial charge in [-0.25, -0.2) is 0 Å². The number of halogens is 2. The van der Waals surface area contributed by atoms with Gasteiger partial charge in [0, 0.05) is 10.9 Å². The highest BCUT2D eigenvalue weighted by Crippen LogP contribution is 2.33. The van der Waals surface area contributed by atoms with Crippen molar-refractivity contribution >= 4 is 34.1 Å². The van der Waals surface area contributed by atoms with Crippen LogP contribution in [-0.2, 0) is 0 Å². The fraction of sp³-hybridized carbons (Fsp3) is 0. The van der Waals surface area contributed by atoms with E-state index in [2.05, 4.69) is 11.1 Å². The number of pyridine rings is 1. The molecule has 130 valence electrons. The number of rotatable bonds is 2. The van der Waals surface area contributed by atoms with Crippen molar-refractivity contribution in [1.29, 1.82) is 5.26 Å². The molecule has 0 radical (unpaired) electrons. The second-order valence-corrected chi connectivity index (χ2v) is 6.88. The van der Waals surface area contributed by atoms with Crippen molar-refractivity contribution < 1.29 is 0 Å². The van der Waals surface area contributed by atoms with Crippen molar-refractivity contribution in [3.8, 4) is 28.5 Å². The molecule has 4 rings (SSSR count). The zero-order chi connectivity index (χ0) is 19.0. The molecule has 0 bridgehead atoms. The third-order valence-corrected chi connectivity index (χ3v) is 5.16. The van der Waals surface area contributed by atoms with Gasteiger partial charge >= 0.3 is 0 Å². The zero-order valence-corrected chi connectivity index (χ0v) is 15.5. The van der Waals surface area contributed by atoms with Gasteiger partial charge in [-0.2, -0.15) is 5.26 Å². The van der Waals surface area contributed by atoms with E-state index in [4.69, 9.17) is 28.5 Å². The highest BCUT2D eigenvalue weighted by atomic mass is 35.5. The average Bonchev–Trinajstić information content (AvgIpc) is 2.70. The summed E-state index contributed by atoms with van der Waals surface area (Å²) in [5, 5.41) is 10.4. The first-order valence-corrected chi connectivity index (χ1v) is 8.95. The number of nitrogens with zero attached hydrogens (tertiary/aromatic N) is 1. The van der Waals surface area contributed by atoms with Gasteiger partial charge in [0.1, 0.15) is 0 Å². The minimum Gasteiger partial charge on any atom is -0.354 e. The molecule has 0 fully saturated rings. The van der Waals surface area contributed by atoms with Crippen LogP contribution in [0.3, 0.4) is 0 Å². The molecule has 5 heteroatoms. The minimum atomic E-state index is -0.0953. The number of H-pyrrole nitrogens is 1. The first-order chi connectivity index (χ1) is 13.1. The summed E-state index contributed by atoms with van der Waals surface area (Å²) in [5.41, 5.74) is 3.86. The van der Waals surface area contributed by atoms with Gasteiger partial charge in [-0.05, 0) is 47.5 Å². The fourth-order valence-corrected chi connectivity index (χ4v) is 3.39. The van der Waals surface area contributed by atoms with Gasteiger partial charge in [0.25, 0.3) is 0 Å². The van der Waals surface area contributed by atoms with E-state index in [1.807, 2.05) is 30.3 Å². The van der Waals surface area contributed by atoms with Crippen molar-refractivity contribution in [1.82, 2.24) is 4.98 Å². The molecule has 3 aromatic carbocycles. The topological polar surface area (TPSA) is 56.6 Å². The summed E-state index contributed by atoms with van der Waals surface area (Å²) >= 11 is 12.2. The Hall–Kier alpha value is -3.06. The Kier molecular flexibility index (Phi) is 4.45. The van der Waals surface area contributed by atoms with Gasteiger partial charge in [-0.3, -0.25) is 4.79 Å². The second kappa shape index (κ2) is 6.92. The van der Waals surface area contributed by atoms with Crippen molar-refractivity contribution in [3.63, 3.8) is 0 Å². The van der Waals surface area contributed by atoms with Crippen molar-refractivity contribution in [3.05, 3.63) is 92.6 Å². The maximum atomic E-state index is 13.3. The summed E-state index contributed by atoms with van der Waals surface area (Å²) in [4.78, 5) is 16.7. The van der Waals surface area contributed by atoms with Crippen LogP contribution < -0.4 is 5.43 Å². The molecule has 0 amide bonds. The van der Waals surface area contributed by atoms with Crippen LogP contribution in [0, 0.1) is 11.3 Å². The van der Waals surface area contributed by atoms with Crippen LogP contribution in [0.4, 0.5) is 0 Å². The minimum absolute atomic E-state index is 0.0953. The number of aromatic amines is 1. The summed E-state index contributed by atoms with van der Waals surface area (Å²) in [6.07, 6.45) is 0. The van der Waals surface area contributed by atoms with Crippen LogP contribution in [0.15, 0.2) is 71.5 Å². The Bertz CT molecular complexity index is 1270. The summed E-state index contributed by atoms with van der Waals surface area (Å²) < 4.78 is 0. The van der Waals surface area contributed by atoms with E-state index in [0.717, 1.165) is 11.1 Å². The Balaban J connectivity index is 2.08. The van der Waals surface area contributed by atoms with Crippen LogP contribution in [0.25, 0.3) is 33.3 Å². The lowest BCUT2D eigenvalue weighted by atomic mass is 9.96. The predicted octanol–water partition coefficient (Wildman–Crippen LogP) is 6.04. The van der Waals surface area contributed by atoms with E-state index in [0.29, 0.717) is 37.8 Å². The Morgan fingerprint density at radius 1 is 0.852 bits per heavy atom. The zero-order valence-electron chi connectivity index (χ0n) is 14.0. The maximum Gasteiger partial charge on any atom is 0.197 e. The highest BCUT2D eigenvalue weighted by molar-refractivity contribution is 6.42. The molecule has 0 saturated carbocycles. The molecule has 0 aliphatic carbocycles. The molecule has 4 aromatic rings. The third kappa shape index (κ3) is 3.10. The molecular weight excluding hydrogens is 379 g/mol. The Labute approximate surface area is 165 Å². The Morgan fingerprint density at radius 2 is 1.56 bits per heavy atom. The quantitative estimate of drug-likeness (QED) is 0.453. The lowest BCUT2D eigenvalue weighted by Gasteiger charge is -2.13. The van der Waals surface area contributed by atoms with Crippen LogP contribution in [0.5, 0.6) is 0 Å². The van der Waals surface area contributed by atoms with Gasteiger partial charge in [-0.15, -0.1) is 0 Å². The van der Waals surface area contributed by atoms with E-state index in [-0.39, 0.29) is 5.43 Å². The molecule has 0 unspecified atom stereocenters. The van der Waals surface area contributed by atoms with Crippen LogP contribution in [0.2, 0.25) is 10.0 Å². The standard InChI is InChI=1S/C22H12Cl2N2O/c23-17-10-9-15(11-18(17)24)20-21(14-7-5-13(12-25)6-8-14)26-19-4-2-1-3-16(19)22(20)27/h1-11H,(H,26,27). The van der Waals surface area contributed by atoms with E-state index < -0.39 is 0 Å². The third-order valence-electron chi connectivity index (χ3n) is 4.42. The molecule has 0 atom stereocenters. The molecule has 0 saturated heterocycles. The number of hydrogen-bond acceptors (Lipinski definition) is 2. The number of benzene rings is 3. The maximum absolute atomic E-state index is 13.3. The number of hydrogen-bond donors (Lipinski definition) is 1. The first kappa shape index (κ1) is 17.4. The van der Waals surface area contributed by atoms with Crippen LogP contribution in [-0.4, -0.2) is 4.98 Å². The molecule has 1 aromatic heterocycles. The van der Waals surface area contributed by atoms with Gasteiger partial charge in [0.2, 0.25) is 0 Å². The average molecular weight is 391 g/mol. The summed E-state index contributed by atoms with van der Waals surface area (Å²) in [6.45, 7) is 0. The lowest BCUT2D eigenvalue weighted by molar-refractivity contribution is 1.37. The molecule has 0 aliphatic heterocycles. The number of para-hydroxylation sites is 1. The van der Waals surface area contributed by atoms with Crippen molar-refractivity contribution in [2.45, 2.75) is 0 Å². The first-order valence-electron chi connectivity index (χ1n) is 8.19. The molecule has 1 heterocycles. The van der Waals surface area contributed by atoms with Crippen LogP contribution >= 0.6 is 23.2 Å². The number of fused-ring (bicyclic) bond motifs is 1. The molecule has 1 N–H and O–H groups in total. The fourth-order valence-electron chi connectivity index (χ4n) is 3.09. The summed E-state index contributed by atoms with van der Waals surface area (Å²) in [6, 6.07) is 21.7. The molecular formula is C22H12Cl2N2O. The van der Waals surface area contributed by atoms with Gasteiger partial charge in [-0.1, -0.05) is 53.5 Å². The smallest absolute Gasteiger partial charge is 0.197 e. The van der Waals surface area contributed by atoms with Crippen molar-refractivity contribution in [2.75, 3.05) is 0 Å². The van der Waals surface area contributed by atoms with E-state index >= 15 is 0 Å². The monoisotopic (exact) mass is 390 g/mol. The van der Waals surface area contributed by atoms with E-state index in [1.165, 1.54) is 0 Å². The second-order valence-electron chi connectivity index (χ2n) is 6.07. The van der Waals surface area contributed by atoms with Gasteiger partial charge in [0.05, 0.1) is 32.9 Å². The Morgan fingerprint density at radius 3 is 2.26 bits per heavy atom. The number of nitriles is 1. The molecule has 3 nitrogen and oxygen atoms in total. The molecule has 0 spiro atoms. The SMILES string of the molecule is N#Cc1ccc(-c2[nH]c3ccccc3c(=O)c2-c2ccc(Cl)c(Cl)c2)cc1. The normalized spacial score (nSPS) is 10.7. The largest absolute Gasteiger partial charge is 0.354 e. The van der Waals surface area contributed by atoms with Gasteiger partial charge < -0.3 is 4.98 Å². The van der Waals surface area contributed by atoms with Gasteiger partial charge in [0.15, 0.2) is 5.43 Å².